The number of unbranched alkanes of at least 4 members (excludes halogenated alkanes) is 3. The highest BCUT2D eigenvalue weighted by Gasteiger charge is 2.31. The number of aryl methyl sites for hydroxylation is 1. The predicted octanol–water partition coefficient (Wildman–Crippen LogP) is 3.80. The number of imidazole rings is 1. The summed E-state index contributed by atoms with van der Waals surface area (Å²) in [6.07, 6.45) is 9.60. The number of benzene rings is 2. The van der Waals surface area contributed by atoms with Gasteiger partial charge in [0.2, 0.25) is 18.2 Å². The summed E-state index contributed by atoms with van der Waals surface area (Å²) in [7, 11) is 5.34. The summed E-state index contributed by atoms with van der Waals surface area (Å²) < 4.78 is 1.72. The van der Waals surface area contributed by atoms with Crippen LogP contribution in [0.1, 0.15) is 54.4 Å². The van der Waals surface area contributed by atoms with Crippen LogP contribution in [0.3, 0.4) is 0 Å². The minimum atomic E-state index is -0.479. The number of carbonyl (C=O) groups excluding carboxylic acids is 4. The molecule has 1 saturated heterocycles. The second-order valence-corrected chi connectivity index (χ2v) is 11.5. The number of anilines is 3. The summed E-state index contributed by atoms with van der Waals surface area (Å²) in [5, 5.41) is 13.2. The summed E-state index contributed by atoms with van der Waals surface area (Å²) in [5.41, 5.74) is 6.33. The molecular formula is C34H40N8O4. The zero-order chi connectivity index (χ0) is 32.6. The van der Waals surface area contributed by atoms with Gasteiger partial charge in [-0.25, -0.2) is 9.50 Å². The van der Waals surface area contributed by atoms with Crippen molar-refractivity contribution in [2.75, 3.05) is 42.8 Å². The number of piperidine rings is 1. The number of imide groups is 1. The molecule has 12 nitrogen and oxygen atoms in total. The first-order chi connectivity index (χ1) is 22.3. The minimum absolute atomic E-state index is 0.117. The Balaban J connectivity index is 1.09. The quantitative estimate of drug-likeness (QED) is 0.109. The SMILES string of the molecule is CNc1cc(-c2cccc(C(=O)NCCCCCCc3ccc(N(C)C4CCC(=O)NC4=O)c(N(C)C=O)c3)c2)nn2ccnc12. The van der Waals surface area contributed by atoms with E-state index in [0.29, 0.717) is 24.2 Å². The molecule has 3 N–H and O–H groups in total. The fourth-order valence-corrected chi connectivity index (χ4v) is 5.75. The van der Waals surface area contributed by atoms with Crippen molar-refractivity contribution in [2.24, 2.45) is 0 Å². The molecule has 240 valence electrons. The van der Waals surface area contributed by atoms with Crippen LogP contribution < -0.4 is 25.8 Å². The maximum atomic E-state index is 12.9. The number of rotatable bonds is 14. The van der Waals surface area contributed by atoms with Crippen molar-refractivity contribution in [3.05, 3.63) is 72.1 Å². The zero-order valence-electron chi connectivity index (χ0n) is 26.5. The molecule has 0 bridgehead atoms. The van der Waals surface area contributed by atoms with Crippen molar-refractivity contribution in [3.8, 4) is 11.3 Å². The maximum Gasteiger partial charge on any atom is 0.251 e. The fourth-order valence-electron chi connectivity index (χ4n) is 5.75. The topological polar surface area (TPSA) is 141 Å². The third-order valence-electron chi connectivity index (χ3n) is 8.36. The van der Waals surface area contributed by atoms with Gasteiger partial charge in [0, 0.05) is 57.6 Å². The number of nitrogens with zero attached hydrogens (tertiary/aromatic N) is 5. The molecule has 5 rings (SSSR count). The largest absolute Gasteiger partial charge is 0.385 e. The van der Waals surface area contributed by atoms with E-state index in [1.807, 2.05) is 61.5 Å². The van der Waals surface area contributed by atoms with Crippen LogP contribution in [-0.4, -0.2) is 72.5 Å². The Kier molecular flexibility index (Phi) is 10.3. The minimum Gasteiger partial charge on any atom is -0.385 e. The highest BCUT2D eigenvalue weighted by molar-refractivity contribution is 6.02. The lowest BCUT2D eigenvalue weighted by molar-refractivity contribution is -0.134. The normalized spacial score (nSPS) is 14.5. The molecule has 1 aliphatic rings. The Morgan fingerprint density at radius 2 is 1.89 bits per heavy atom. The molecule has 2 aromatic carbocycles. The number of likely N-dealkylation sites (N-methyl/N-ethyl adjacent to an activating group) is 1. The van der Waals surface area contributed by atoms with E-state index in [2.05, 4.69) is 26.0 Å². The van der Waals surface area contributed by atoms with Crippen molar-refractivity contribution in [2.45, 2.75) is 51.0 Å². The molecule has 0 saturated carbocycles. The Labute approximate surface area is 268 Å². The monoisotopic (exact) mass is 624 g/mol. The standard InChI is InChI=1S/C34H40N8O4/c1-35-27-21-26(39-42-18-17-36-32(27)42)24-10-8-11-25(20-24)33(45)37-16-7-5-4-6-9-23-12-13-28(30(19-23)40(2)22-43)41(3)29-14-15-31(44)38-34(29)46/h8,10-13,17-22,29,35H,4-7,9,14-16H2,1-3H3,(H,37,45)(H,38,44,46). The van der Waals surface area contributed by atoms with Crippen LogP contribution >= 0.6 is 0 Å². The average Bonchev–Trinajstić information content (AvgIpc) is 3.55. The summed E-state index contributed by atoms with van der Waals surface area (Å²) in [4.78, 5) is 56.2. The molecule has 4 aromatic rings. The Morgan fingerprint density at radius 1 is 1.07 bits per heavy atom. The van der Waals surface area contributed by atoms with Gasteiger partial charge in [0.25, 0.3) is 5.91 Å². The van der Waals surface area contributed by atoms with Gasteiger partial charge in [0.15, 0.2) is 5.65 Å². The van der Waals surface area contributed by atoms with Crippen LogP contribution in [0.25, 0.3) is 16.9 Å². The molecule has 1 atom stereocenters. The molecular weight excluding hydrogens is 584 g/mol. The highest BCUT2D eigenvalue weighted by Crippen LogP contribution is 2.32. The molecule has 3 heterocycles. The predicted molar refractivity (Wildman–Crippen MR) is 178 cm³/mol. The Hall–Kier alpha value is -5.26. The Morgan fingerprint density at radius 3 is 2.67 bits per heavy atom. The molecule has 0 radical (unpaired) electrons. The summed E-state index contributed by atoms with van der Waals surface area (Å²) >= 11 is 0. The van der Waals surface area contributed by atoms with Gasteiger partial charge in [-0.05, 0) is 61.6 Å². The molecule has 2 aromatic heterocycles. The van der Waals surface area contributed by atoms with Crippen molar-refractivity contribution < 1.29 is 19.2 Å². The van der Waals surface area contributed by atoms with Crippen molar-refractivity contribution >= 4 is 46.8 Å². The van der Waals surface area contributed by atoms with Crippen LogP contribution in [0, 0.1) is 0 Å². The zero-order valence-corrected chi connectivity index (χ0v) is 26.5. The lowest BCUT2D eigenvalue weighted by Gasteiger charge is -2.33. The number of hydrogen-bond donors (Lipinski definition) is 3. The maximum absolute atomic E-state index is 12.9. The lowest BCUT2D eigenvalue weighted by atomic mass is 10.0. The molecule has 12 heteroatoms. The van der Waals surface area contributed by atoms with Gasteiger partial charge in [-0.2, -0.15) is 5.10 Å². The number of nitrogens with one attached hydrogen (secondary N) is 3. The van der Waals surface area contributed by atoms with Crippen LogP contribution in [0.2, 0.25) is 0 Å². The van der Waals surface area contributed by atoms with Crippen LogP contribution in [0.15, 0.2) is 60.9 Å². The van der Waals surface area contributed by atoms with Gasteiger partial charge < -0.3 is 20.4 Å². The molecule has 1 unspecified atom stereocenters. The van der Waals surface area contributed by atoms with Crippen LogP contribution in [-0.2, 0) is 20.8 Å². The second kappa shape index (κ2) is 14.7. The summed E-state index contributed by atoms with van der Waals surface area (Å²) in [6, 6.07) is 14.8. The highest BCUT2D eigenvalue weighted by atomic mass is 16.2. The van der Waals surface area contributed by atoms with E-state index in [1.165, 1.54) is 4.90 Å². The average molecular weight is 625 g/mol. The number of hydrogen-bond acceptors (Lipinski definition) is 8. The second-order valence-electron chi connectivity index (χ2n) is 11.5. The molecule has 0 aliphatic carbocycles. The van der Waals surface area contributed by atoms with Crippen molar-refractivity contribution in [1.29, 1.82) is 0 Å². The van der Waals surface area contributed by atoms with E-state index < -0.39 is 6.04 Å². The first-order valence-electron chi connectivity index (χ1n) is 15.6. The molecule has 46 heavy (non-hydrogen) atoms. The van der Waals surface area contributed by atoms with Gasteiger partial charge in [0.1, 0.15) is 6.04 Å². The molecule has 1 aliphatic heterocycles. The number of fused-ring (bicyclic) bond motifs is 1. The third-order valence-corrected chi connectivity index (χ3v) is 8.36. The summed E-state index contributed by atoms with van der Waals surface area (Å²) in [6.45, 7) is 0.585. The van der Waals surface area contributed by atoms with Gasteiger partial charge in [-0.15, -0.1) is 0 Å². The van der Waals surface area contributed by atoms with E-state index in [0.717, 1.165) is 72.4 Å². The summed E-state index contributed by atoms with van der Waals surface area (Å²) in [5.74, 6) is -0.699. The van der Waals surface area contributed by atoms with E-state index in [4.69, 9.17) is 0 Å². The van der Waals surface area contributed by atoms with E-state index in [1.54, 1.807) is 30.0 Å². The van der Waals surface area contributed by atoms with Crippen LogP contribution in [0.5, 0.6) is 0 Å². The molecule has 0 spiro atoms. The number of aromatic nitrogens is 3. The Bertz CT molecular complexity index is 1740. The molecule has 4 amide bonds. The third kappa shape index (κ3) is 7.33. The van der Waals surface area contributed by atoms with Crippen molar-refractivity contribution in [1.82, 2.24) is 25.2 Å². The smallest absolute Gasteiger partial charge is 0.251 e. The van der Waals surface area contributed by atoms with Gasteiger partial charge >= 0.3 is 0 Å². The van der Waals surface area contributed by atoms with E-state index >= 15 is 0 Å². The van der Waals surface area contributed by atoms with E-state index in [9.17, 15) is 19.2 Å². The van der Waals surface area contributed by atoms with Crippen molar-refractivity contribution in [3.63, 3.8) is 0 Å². The number of carbonyl (C=O) groups is 4. The fraction of sp³-hybridized carbons (Fsp3) is 0.353. The van der Waals surface area contributed by atoms with Gasteiger partial charge in [-0.1, -0.05) is 31.0 Å². The first-order valence-corrected chi connectivity index (χ1v) is 15.6. The first kappa shape index (κ1) is 32.1. The van der Waals surface area contributed by atoms with Gasteiger partial charge in [0.05, 0.1) is 22.8 Å². The van der Waals surface area contributed by atoms with E-state index in [-0.39, 0.29) is 24.1 Å². The number of amides is 4. The lowest BCUT2D eigenvalue weighted by Crippen LogP contribution is -2.51. The molecule has 1 fully saturated rings. The van der Waals surface area contributed by atoms with Gasteiger partial charge in [-0.3, -0.25) is 24.5 Å². The van der Waals surface area contributed by atoms with Crippen LogP contribution in [0.4, 0.5) is 17.1 Å².